The minimum absolute atomic E-state index is 0.128. The number of para-hydroxylation sites is 1. The van der Waals surface area contributed by atoms with Crippen LogP contribution >= 0.6 is 0 Å². The molecule has 0 saturated carbocycles. The van der Waals surface area contributed by atoms with Gasteiger partial charge in [0, 0.05) is 11.7 Å². The summed E-state index contributed by atoms with van der Waals surface area (Å²) in [5.41, 5.74) is -0.435. The number of anilines is 3. The summed E-state index contributed by atoms with van der Waals surface area (Å²) in [7, 11) is 0. The molecule has 0 aliphatic heterocycles. The second kappa shape index (κ2) is 5.40. The number of benzene rings is 1. The molecule has 1 aromatic heterocycles. The van der Waals surface area contributed by atoms with Crippen LogP contribution in [-0.2, 0) is 0 Å². The van der Waals surface area contributed by atoms with Crippen molar-refractivity contribution < 1.29 is 8.78 Å². The molecule has 0 spiro atoms. The minimum atomic E-state index is -0.692. The molecule has 0 saturated heterocycles. The average Bonchev–Trinajstić information content (AvgIpc) is 2.32. The van der Waals surface area contributed by atoms with Gasteiger partial charge in [-0.3, -0.25) is 0 Å². The Kier molecular flexibility index (Phi) is 3.83. The molecule has 0 aliphatic carbocycles. The van der Waals surface area contributed by atoms with Crippen molar-refractivity contribution in [3.63, 3.8) is 0 Å². The highest BCUT2D eigenvalue weighted by molar-refractivity contribution is 5.56. The maximum absolute atomic E-state index is 13.5. The van der Waals surface area contributed by atoms with Gasteiger partial charge in [-0.05, 0) is 39.0 Å². The molecule has 0 fully saturated rings. The van der Waals surface area contributed by atoms with Crippen LogP contribution in [0.25, 0.3) is 0 Å². The lowest BCUT2D eigenvalue weighted by atomic mass is 10.1. The fourth-order valence-corrected chi connectivity index (χ4v) is 1.60. The molecule has 0 amide bonds. The Hall–Kier alpha value is -2.24. The molecule has 6 heteroatoms. The maximum Gasteiger partial charge on any atom is 0.229 e. The van der Waals surface area contributed by atoms with Crippen molar-refractivity contribution in [3.05, 3.63) is 42.1 Å². The molecule has 2 N–H and O–H groups in total. The van der Waals surface area contributed by atoms with Crippen LogP contribution in [0.1, 0.15) is 20.8 Å². The molecule has 2 rings (SSSR count). The fraction of sp³-hybridized carbons (Fsp3) is 0.286. The Bertz CT molecular complexity index is 588. The van der Waals surface area contributed by atoms with Gasteiger partial charge < -0.3 is 10.6 Å². The largest absolute Gasteiger partial charge is 0.365 e. The second-order valence-corrected chi connectivity index (χ2v) is 5.36. The standard InChI is InChI=1S/C14H16F2N4/c1-14(2,3)20-11-7-8-17-13(18-11)19-12-9(15)5-4-6-10(12)16/h4-8H,1-3H3,(H2,17,18,19,20). The summed E-state index contributed by atoms with van der Waals surface area (Å²) in [5, 5.41) is 5.71. The van der Waals surface area contributed by atoms with E-state index in [0.29, 0.717) is 5.82 Å². The van der Waals surface area contributed by atoms with E-state index in [1.165, 1.54) is 24.4 Å². The summed E-state index contributed by atoms with van der Waals surface area (Å²) in [6.07, 6.45) is 1.52. The Morgan fingerprint density at radius 3 is 2.30 bits per heavy atom. The summed E-state index contributed by atoms with van der Waals surface area (Å²) < 4.78 is 27.1. The van der Waals surface area contributed by atoms with E-state index in [9.17, 15) is 8.78 Å². The third-order valence-corrected chi connectivity index (χ3v) is 2.36. The van der Waals surface area contributed by atoms with E-state index in [4.69, 9.17) is 0 Å². The van der Waals surface area contributed by atoms with E-state index in [1.807, 2.05) is 20.8 Å². The molecule has 0 radical (unpaired) electrons. The first-order valence-electron chi connectivity index (χ1n) is 6.17. The lowest BCUT2D eigenvalue weighted by molar-refractivity contribution is 0.590. The SMILES string of the molecule is CC(C)(C)Nc1ccnc(Nc2c(F)cccc2F)n1. The first-order chi connectivity index (χ1) is 9.35. The zero-order valence-electron chi connectivity index (χ0n) is 11.5. The van der Waals surface area contributed by atoms with E-state index in [1.54, 1.807) is 6.07 Å². The topological polar surface area (TPSA) is 49.8 Å². The first-order valence-corrected chi connectivity index (χ1v) is 6.17. The molecule has 1 heterocycles. The smallest absolute Gasteiger partial charge is 0.229 e. The van der Waals surface area contributed by atoms with Gasteiger partial charge in [-0.25, -0.2) is 13.8 Å². The number of halogens is 2. The van der Waals surface area contributed by atoms with Crippen LogP contribution in [0.5, 0.6) is 0 Å². The van der Waals surface area contributed by atoms with Crippen LogP contribution in [-0.4, -0.2) is 15.5 Å². The lowest BCUT2D eigenvalue weighted by Gasteiger charge is -2.21. The molecule has 2 aromatic rings. The van der Waals surface area contributed by atoms with Crippen molar-refractivity contribution in [2.75, 3.05) is 10.6 Å². The second-order valence-electron chi connectivity index (χ2n) is 5.36. The molecule has 0 unspecified atom stereocenters. The Balaban J connectivity index is 2.24. The fourth-order valence-electron chi connectivity index (χ4n) is 1.60. The first kappa shape index (κ1) is 14.2. The van der Waals surface area contributed by atoms with Gasteiger partial charge in [0.15, 0.2) is 0 Å². The van der Waals surface area contributed by atoms with Crippen LogP contribution in [0.4, 0.5) is 26.2 Å². The van der Waals surface area contributed by atoms with E-state index in [-0.39, 0.29) is 17.2 Å². The minimum Gasteiger partial charge on any atom is -0.365 e. The highest BCUT2D eigenvalue weighted by Gasteiger charge is 2.12. The van der Waals surface area contributed by atoms with Gasteiger partial charge in [-0.1, -0.05) is 6.07 Å². The predicted molar refractivity (Wildman–Crippen MR) is 75.0 cm³/mol. The van der Waals surface area contributed by atoms with Crippen LogP contribution in [0.2, 0.25) is 0 Å². The third kappa shape index (κ3) is 3.63. The lowest BCUT2D eigenvalue weighted by Crippen LogP contribution is -2.26. The average molecular weight is 278 g/mol. The monoisotopic (exact) mass is 278 g/mol. The zero-order chi connectivity index (χ0) is 14.8. The summed E-state index contributed by atoms with van der Waals surface area (Å²) in [6.45, 7) is 5.95. The highest BCUT2D eigenvalue weighted by atomic mass is 19.1. The van der Waals surface area contributed by atoms with Crippen molar-refractivity contribution in [1.82, 2.24) is 9.97 Å². The van der Waals surface area contributed by atoms with Crippen LogP contribution in [0, 0.1) is 11.6 Å². The van der Waals surface area contributed by atoms with Crippen LogP contribution < -0.4 is 10.6 Å². The Morgan fingerprint density at radius 2 is 1.70 bits per heavy atom. The summed E-state index contributed by atoms with van der Waals surface area (Å²) in [5.74, 6) is -0.680. The summed E-state index contributed by atoms with van der Waals surface area (Å²) in [6, 6.07) is 5.33. The van der Waals surface area contributed by atoms with Crippen molar-refractivity contribution in [1.29, 1.82) is 0 Å². The summed E-state index contributed by atoms with van der Waals surface area (Å²) >= 11 is 0. The van der Waals surface area contributed by atoms with Crippen molar-refractivity contribution >= 4 is 17.5 Å². The van der Waals surface area contributed by atoms with Gasteiger partial charge >= 0.3 is 0 Å². The van der Waals surface area contributed by atoms with Gasteiger partial charge in [0.2, 0.25) is 5.95 Å². The van der Waals surface area contributed by atoms with Crippen molar-refractivity contribution in [2.45, 2.75) is 26.3 Å². The molecule has 0 atom stereocenters. The molecule has 4 nitrogen and oxygen atoms in total. The van der Waals surface area contributed by atoms with E-state index in [0.717, 1.165) is 0 Å². The van der Waals surface area contributed by atoms with Gasteiger partial charge in [-0.15, -0.1) is 0 Å². The van der Waals surface area contributed by atoms with Crippen molar-refractivity contribution in [3.8, 4) is 0 Å². The van der Waals surface area contributed by atoms with Crippen LogP contribution in [0.15, 0.2) is 30.5 Å². The molecule has 0 bridgehead atoms. The molecular weight excluding hydrogens is 262 g/mol. The van der Waals surface area contributed by atoms with Gasteiger partial charge in [0.05, 0.1) is 0 Å². The predicted octanol–water partition coefficient (Wildman–Crippen LogP) is 3.71. The van der Waals surface area contributed by atoms with Gasteiger partial charge in [0.25, 0.3) is 0 Å². The molecule has 20 heavy (non-hydrogen) atoms. The zero-order valence-corrected chi connectivity index (χ0v) is 11.5. The van der Waals surface area contributed by atoms with Crippen LogP contribution in [0.3, 0.4) is 0 Å². The number of hydrogen-bond acceptors (Lipinski definition) is 4. The van der Waals surface area contributed by atoms with Gasteiger partial charge in [-0.2, -0.15) is 4.98 Å². The van der Waals surface area contributed by atoms with E-state index < -0.39 is 11.6 Å². The van der Waals surface area contributed by atoms with E-state index >= 15 is 0 Å². The van der Waals surface area contributed by atoms with Crippen molar-refractivity contribution in [2.24, 2.45) is 0 Å². The molecule has 1 aromatic carbocycles. The highest BCUT2D eigenvalue weighted by Crippen LogP contribution is 2.22. The molecule has 0 aliphatic rings. The number of rotatable bonds is 3. The summed E-state index contributed by atoms with van der Waals surface area (Å²) in [4.78, 5) is 8.12. The number of nitrogens with zero attached hydrogens (tertiary/aromatic N) is 2. The Morgan fingerprint density at radius 1 is 1.05 bits per heavy atom. The third-order valence-electron chi connectivity index (χ3n) is 2.36. The number of aromatic nitrogens is 2. The number of nitrogens with one attached hydrogen (secondary N) is 2. The van der Waals surface area contributed by atoms with E-state index in [2.05, 4.69) is 20.6 Å². The normalized spacial score (nSPS) is 11.2. The Labute approximate surface area is 116 Å². The molecule has 106 valence electrons. The molecular formula is C14H16F2N4. The number of hydrogen-bond donors (Lipinski definition) is 2. The maximum atomic E-state index is 13.5. The quantitative estimate of drug-likeness (QED) is 0.898. The van der Waals surface area contributed by atoms with Gasteiger partial charge in [0.1, 0.15) is 23.1 Å².